The van der Waals surface area contributed by atoms with Crippen molar-refractivity contribution < 1.29 is 19.0 Å². The average Bonchev–Trinajstić information content (AvgIpc) is 3.26. The second-order valence-corrected chi connectivity index (χ2v) is 10.2. The van der Waals surface area contributed by atoms with Gasteiger partial charge in [-0.1, -0.05) is 86.6 Å². The van der Waals surface area contributed by atoms with Crippen molar-refractivity contribution in [2.75, 3.05) is 19.0 Å². The molecule has 1 saturated heterocycles. The van der Waals surface area contributed by atoms with Gasteiger partial charge in [0, 0.05) is 12.1 Å². The zero-order chi connectivity index (χ0) is 28.3. The quantitative estimate of drug-likeness (QED) is 0.279. The van der Waals surface area contributed by atoms with E-state index >= 15 is 4.39 Å². The normalized spacial score (nSPS) is 22.7. The first-order valence-electron chi connectivity index (χ1n) is 13.4. The van der Waals surface area contributed by atoms with Crippen molar-refractivity contribution >= 4 is 5.82 Å². The molecule has 208 valence electrons. The highest BCUT2D eigenvalue weighted by Crippen LogP contribution is 2.45. The third-order valence-corrected chi connectivity index (χ3v) is 8.16. The van der Waals surface area contributed by atoms with Gasteiger partial charge in [-0.05, 0) is 41.3 Å². The Bertz CT molecular complexity index is 1430. The number of alkyl halides is 1. The summed E-state index contributed by atoms with van der Waals surface area (Å²) in [5.41, 5.74) is 0.151. The number of rotatable bonds is 9. The summed E-state index contributed by atoms with van der Waals surface area (Å²) < 4.78 is 27.9. The molecule has 7 nitrogen and oxygen atoms in total. The minimum absolute atomic E-state index is 0.315. The molecule has 1 aromatic heterocycles. The van der Waals surface area contributed by atoms with Crippen LogP contribution in [-0.4, -0.2) is 40.1 Å². The first kappa shape index (κ1) is 27.6. The molecule has 2 N–H and O–H groups in total. The van der Waals surface area contributed by atoms with Crippen LogP contribution in [0.5, 0.6) is 5.75 Å². The number of ether oxygens (including phenoxy) is 2. The summed E-state index contributed by atoms with van der Waals surface area (Å²) in [5.74, 6) is 0.448. The van der Waals surface area contributed by atoms with E-state index in [1.54, 1.807) is 20.1 Å². The van der Waals surface area contributed by atoms with Crippen LogP contribution in [-0.2, 0) is 10.3 Å². The van der Waals surface area contributed by atoms with Crippen LogP contribution in [0.3, 0.4) is 0 Å². The molecule has 0 spiro atoms. The molecule has 0 amide bonds. The highest BCUT2D eigenvalue weighted by molar-refractivity contribution is 5.58. The van der Waals surface area contributed by atoms with Crippen molar-refractivity contribution in [3.63, 3.8) is 0 Å². The lowest BCUT2D eigenvalue weighted by atomic mass is 9.77. The summed E-state index contributed by atoms with van der Waals surface area (Å²) >= 11 is 0. The molecule has 1 fully saturated rings. The lowest BCUT2D eigenvalue weighted by Gasteiger charge is -2.37. The summed E-state index contributed by atoms with van der Waals surface area (Å²) in [6.45, 7) is 3.20. The Morgan fingerprint density at radius 3 is 2.05 bits per heavy atom. The Labute approximate surface area is 233 Å². The van der Waals surface area contributed by atoms with E-state index < -0.39 is 35.1 Å². The zero-order valence-corrected chi connectivity index (χ0v) is 22.8. The monoisotopic (exact) mass is 543 g/mol. The number of aromatic nitrogens is 2. The van der Waals surface area contributed by atoms with Crippen LogP contribution in [0.15, 0.2) is 102 Å². The maximum atomic E-state index is 15.4. The van der Waals surface area contributed by atoms with Gasteiger partial charge < -0.3 is 19.9 Å². The summed E-state index contributed by atoms with van der Waals surface area (Å²) in [4.78, 5) is 17.7. The number of aliphatic hydroxyl groups is 1. The van der Waals surface area contributed by atoms with E-state index in [4.69, 9.17) is 9.47 Å². The molecule has 0 unspecified atom stereocenters. The molecule has 4 atom stereocenters. The number of hydrogen-bond donors (Lipinski definition) is 2. The predicted octanol–water partition coefficient (Wildman–Crippen LogP) is 5.30. The number of aliphatic hydroxyl groups excluding tert-OH is 1. The Morgan fingerprint density at radius 1 is 1.00 bits per heavy atom. The second-order valence-electron chi connectivity index (χ2n) is 10.2. The van der Waals surface area contributed by atoms with Crippen LogP contribution in [0.25, 0.3) is 0 Å². The molecule has 4 aromatic rings. The summed E-state index contributed by atoms with van der Waals surface area (Å²) in [5, 5.41) is 13.5. The molecule has 0 saturated carbocycles. The SMILES string of the molecule is CC[C@@]1(CO)O[C@@H](n2ccc(NC(c3ccccc3)(c3ccccc3)c3ccc(OC)cc3)nc2=O)[C@H](F)[C@@H]1C. The molecule has 8 heteroatoms. The van der Waals surface area contributed by atoms with E-state index in [1.165, 1.54) is 10.8 Å². The van der Waals surface area contributed by atoms with E-state index in [0.717, 1.165) is 22.4 Å². The number of methoxy groups -OCH3 is 1. The molecular formula is C32H34FN3O4. The number of halogens is 1. The fourth-order valence-corrected chi connectivity index (χ4v) is 5.66. The summed E-state index contributed by atoms with van der Waals surface area (Å²) in [6.07, 6.45) is -0.732. The molecule has 1 aliphatic rings. The third-order valence-electron chi connectivity index (χ3n) is 8.16. The molecule has 3 aromatic carbocycles. The Morgan fingerprint density at radius 2 is 1.57 bits per heavy atom. The second kappa shape index (κ2) is 11.2. The van der Waals surface area contributed by atoms with Crippen LogP contribution >= 0.6 is 0 Å². The maximum absolute atomic E-state index is 15.4. The van der Waals surface area contributed by atoms with Crippen molar-refractivity contribution in [1.29, 1.82) is 0 Å². The summed E-state index contributed by atoms with van der Waals surface area (Å²) in [7, 11) is 1.62. The van der Waals surface area contributed by atoms with E-state index in [2.05, 4.69) is 10.3 Å². The van der Waals surface area contributed by atoms with Crippen molar-refractivity contribution in [2.45, 2.75) is 43.8 Å². The predicted molar refractivity (Wildman–Crippen MR) is 152 cm³/mol. The molecule has 5 rings (SSSR count). The fourth-order valence-electron chi connectivity index (χ4n) is 5.66. The van der Waals surface area contributed by atoms with Gasteiger partial charge in [-0.15, -0.1) is 0 Å². The van der Waals surface area contributed by atoms with Gasteiger partial charge in [0.2, 0.25) is 0 Å². The number of anilines is 1. The van der Waals surface area contributed by atoms with Crippen LogP contribution < -0.4 is 15.7 Å². The van der Waals surface area contributed by atoms with Crippen LogP contribution in [0, 0.1) is 5.92 Å². The molecule has 40 heavy (non-hydrogen) atoms. The fraction of sp³-hybridized carbons (Fsp3) is 0.312. The topological polar surface area (TPSA) is 85.6 Å². The van der Waals surface area contributed by atoms with Gasteiger partial charge in [-0.2, -0.15) is 4.98 Å². The van der Waals surface area contributed by atoms with E-state index in [1.807, 2.05) is 91.9 Å². The molecule has 0 radical (unpaired) electrons. The molecule has 0 aliphatic carbocycles. The van der Waals surface area contributed by atoms with E-state index in [-0.39, 0.29) is 6.61 Å². The van der Waals surface area contributed by atoms with Crippen LogP contribution in [0.4, 0.5) is 10.2 Å². The Balaban J connectivity index is 1.61. The minimum Gasteiger partial charge on any atom is -0.497 e. The molecule has 1 aliphatic heterocycles. The van der Waals surface area contributed by atoms with Crippen molar-refractivity contribution in [2.24, 2.45) is 5.92 Å². The maximum Gasteiger partial charge on any atom is 0.351 e. The van der Waals surface area contributed by atoms with Crippen molar-refractivity contribution in [3.8, 4) is 5.75 Å². The molecular weight excluding hydrogens is 509 g/mol. The molecule has 0 bridgehead atoms. The van der Waals surface area contributed by atoms with Gasteiger partial charge in [0.25, 0.3) is 0 Å². The minimum atomic E-state index is -1.47. The lowest BCUT2D eigenvalue weighted by Crippen LogP contribution is -2.40. The number of nitrogens with one attached hydrogen (secondary N) is 1. The van der Waals surface area contributed by atoms with Gasteiger partial charge in [0.15, 0.2) is 12.4 Å². The highest BCUT2D eigenvalue weighted by atomic mass is 19.1. The number of nitrogens with zero attached hydrogens (tertiary/aromatic N) is 2. The van der Waals surface area contributed by atoms with Gasteiger partial charge >= 0.3 is 5.69 Å². The highest BCUT2D eigenvalue weighted by Gasteiger charge is 2.53. The van der Waals surface area contributed by atoms with Gasteiger partial charge in [0.05, 0.1) is 19.3 Å². The lowest BCUT2D eigenvalue weighted by molar-refractivity contribution is -0.115. The molecule has 2 heterocycles. The summed E-state index contributed by atoms with van der Waals surface area (Å²) in [6, 6.07) is 29.2. The van der Waals surface area contributed by atoms with Gasteiger partial charge in [-0.25, -0.2) is 9.18 Å². The number of hydrogen-bond acceptors (Lipinski definition) is 6. The van der Waals surface area contributed by atoms with Crippen molar-refractivity contribution in [1.82, 2.24) is 9.55 Å². The van der Waals surface area contributed by atoms with Gasteiger partial charge in [-0.3, -0.25) is 4.57 Å². The first-order valence-corrected chi connectivity index (χ1v) is 13.4. The smallest absolute Gasteiger partial charge is 0.351 e. The Kier molecular flexibility index (Phi) is 7.74. The largest absolute Gasteiger partial charge is 0.497 e. The van der Waals surface area contributed by atoms with Crippen molar-refractivity contribution in [3.05, 3.63) is 124 Å². The average molecular weight is 544 g/mol. The Hall–Kier alpha value is -4.01. The van der Waals surface area contributed by atoms with E-state index in [9.17, 15) is 9.90 Å². The number of benzene rings is 3. The standard InChI is InChI=1S/C32H34FN3O4/c1-4-31(21-37)22(2)28(33)29(40-31)36-20-19-27(34-30(36)38)35-32(23-11-7-5-8-12-23,24-13-9-6-10-14-24)25-15-17-26(39-3)18-16-25/h5-20,22,28-29,37H,4,21H2,1-3H3,(H,34,35,38)/t22-,28+,29+,31-/m0/s1. The first-order chi connectivity index (χ1) is 19.4. The van der Waals surface area contributed by atoms with Gasteiger partial charge in [0.1, 0.15) is 17.1 Å². The van der Waals surface area contributed by atoms with E-state index in [0.29, 0.717) is 12.2 Å². The van der Waals surface area contributed by atoms with Crippen LogP contribution in [0.2, 0.25) is 0 Å². The third kappa shape index (κ3) is 4.67. The zero-order valence-electron chi connectivity index (χ0n) is 22.8. The van der Waals surface area contributed by atoms with Crippen LogP contribution in [0.1, 0.15) is 43.2 Å².